The molecule has 0 aromatic heterocycles. The van der Waals surface area contributed by atoms with Gasteiger partial charge in [-0.2, -0.15) is 0 Å². The summed E-state index contributed by atoms with van der Waals surface area (Å²) in [5.74, 6) is 0. The Hall–Kier alpha value is -0.0800. The highest BCUT2D eigenvalue weighted by atomic mass is 15.2. The molecule has 0 radical (unpaired) electrons. The number of hydrogen-bond donors (Lipinski definition) is 1. The van der Waals surface area contributed by atoms with Crippen LogP contribution in [0.15, 0.2) is 0 Å². The third-order valence-electron chi connectivity index (χ3n) is 2.47. The van der Waals surface area contributed by atoms with Gasteiger partial charge >= 0.3 is 0 Å². The molecule has 0 saturated carbocycles. The van der Waals surface area contributed by atoms with Gasteiger partial charge in [-0.05, 0) is 33.0 Å². The van der Waals surface area contributed by atoms with Crippen molar-refractivity contribution in [3.63, 3.8) is 0 Å². The number of nitrogens with zero attached hydrogens (tertiary/aromatic N) is 1. The fraction of sp³-hybridized carbons (Fsp3) is 1.00. The number of likely N-dealkylation sites (tertiary alicyclic amines) is 1. The van der Waals surface area contributed by atoms with Gasteiger partial charge in [0.15, 0.2) is 0 Å². The van der Waals surface area contributed by atoms with Crippen LogP contribution in [0.25, 0.3) is 0 Å². The van der Waals surface area contributed by atoms with Crippen LogP contribution in [0.2, 0.25) is 0 Å². The second-order valence-corrected chi connectivity index (χ2v) is 3.43. The van der Waals surface area contributed by atoms with E-state index in [1.54, 1.807) is 0 Å². The second kappa shape index (κ2) is 4.73. The van der Waals surface area contributed by atoms with E-state index < -0.39 is 0 Å². The standard InChI is InChI=1S/C9H20N2/c1-3-5-9(10-2)8-11-6-4-7-11/h9-10H,3-8H2,1-2H3/t9-/m0/s1. The molecule has 0 unspecified atom stereocenters. The van der Waals surface area contributed by atoms with Crippen LogP contribution in [0.4, 0.5) is 0 Å². The summed E-state index contributed by atoms with van der Waals surface area (Å²) in [5.41, 5.74) is 0. The van der Waals surface area contributed by atoms with Crippen LogP contribution in [0.5, 0.6) is 0 Å². The van der Waals surface area contributed by atoms with Crippen molar-refractivity contribution in [3.05, 3.63) is 0 Å². The first kappa shape index (κ1) is 9.01. The Balaban J connectivity index is 2.08. The largest absolute Gasteiger partial charge is 0.316 e. The molecule has 1 rings (SSSR count). The van der Waals surface area contributed by atoms with Crippen molar-refractivity contribution in [2.75, 3.05) is 26.7 Å². The zero-order valence-corrected chi connectivity index (χ0v) is 7.77. The Morgan fingerprint density at radius 3 is 2.55 bits per heavy atom. The lowest BCUT2D eigenvalue weighted by Crippen LogP contribution is -2.45. The molecule has 1 heterocycles. The summed E-state index contributed by atoms with van der Waals surface area (Å²) in [7, 11) is 2.07. The van der Waals surface area contributed by atoms with E-state index >= 15 is 0 Å². The number of rotatable bonds is 5. The van der Waals surface area contributed by atoms with Crippen molar-refractivity contribution in [1.82, 2.24) is 10.2 Å². The molecule has 0 bridgehead atoms. The molecule has 2 heteroatoms. The van der Waals surface area contributed by atoms with E-state index in [1.807, 2.05) is 0 Å². The van der Waals surface area contributed by atoms with Crippen molar-refractivity contribution in [3.8, 4) is 0 Å². The van der Waals surface area contributed by atoms with Crippen LogP contribution in [-0.2, 0) is 0 Å². The summed E-state index contributed by atoms with van der Waals surface area (Å²) in [5, 5.41) is 3.36. The molecule has 1 atom stereocenters. The summed E-state index contributed by atoms with van der Waals surface area (Å²) >= 11 is 0. The Labute approximate surface area is 70.0 Å². The van der Waals surface area contributed by atoms with Crippen LogP contribution in [0.1, 0.15) is 26.2 Å². The minimum atomic E-state index is 0.722. The molecule has 66 valence electrons. The maximum absolute atomic E-state index is 3.36. The molecule has 1 saturated heterocycles. The first-order chi connectivity index (χ1) is 5.36. The van der Waals surface area contributed by atoms with Crippen LogP contribution in [0, 0.1) is 0 Å². The summed E-state index contributed by atoms with van der Waals surface area (Å²) in [6.45, 7) is 6.15. The van der Waals surface area contributed by atoms with Gasteiger partial charge in [-0.1, -0.05) is 13.3 Å². The SMILES string of the molecule is CCC[C@@H](CN1CCC1)NC. The molecule has 1 fully saturated rings. The summed E-state index contributed by atoms with van der Waals surface area (Å²) < 4.78 is 0. The van der Waals surface area contributed by atoms with Gasteiger partial charge < -0.3 is 10.2 Å². The third kappa shape index (κ3) is 2.80. The highest BCUT2D eigenvalue weighted by Crippen LogP contribution is 2.08. The molecule has 1 aliphatic rings. The number of nitrogens with one attached hydrogen (secondary N) is 1. The van der Waals surface area contributed by atoms with E-state index in [-0.39, 0.29) is 0 Å². The molecule has 2 nitrogen and oxygen atoms in total. The average molecular weight is 156 g/mol. The molecule has 11 heavy (non-hydrogen) atoms. The normalized spacial score (nSPS) is 21.3. The van der Waals surface area contributed by atoms with Gasteiger partial charge in [-0.25, -0.2) is 0 Å². The van der Waals surface area contributed by atoms with Gasteiger partial charge in [-0.15, -0.1) is 0 Å². The van der Waals surface area contributed by atoms with Gasteiger partial charge in [0.1, 0.15) is 0 Å². The van der Waals surface area contributed by atoms with Crippen LogP contribution >= 0.6 is 0 Å². The lowest BCUT2D eigenvalue weighted by Gasteiger charge is -2.33. The topological polar surface area (TPSA) is 15.3 Å². The van der Waals surface area contributed by atoms with Crippen molar-refractivity contribution in [2.45, 2.75) is 32.2 Å². The minimum absolute atomic E-state index is 0.722. The monoisotopic (exact) mass is 156 g/mol. The maximum atomic E-state index is 3.36. The predicted octanol–water partition coefficient (Wildman–Crippen LogP) is 1.08. The Bertz CT molecular complexity index is 99.7. The van der Waals surface area contributed by atoms with E-state index in [2.05, 4.69) is 24.2 Å². The quantitative estimate of drug-likeness (QED) is 0.641. The molecule has 0 aromatic rings. The van der Waals surface area contributed by atoms with E-state index in [4.69, 9.17) is 0 Å². The zero-order chi connectivity index (χ0) is 8.10. The molecule has 0 spiro atoms. The fourth-order valence-corrected chi connectivity index (χ4v) is 1.55. The number of likely N-dealkylation sites (N-methyl/N-ethyl adjacent to an activating group) is 1. The van der Waals surface area contributed by atoms with E-state index in [0.717, 1.165) is 6.04 Å². The van der Waals surface area contributed by atoms with Gasteiger partial charge in [0.05, 0.1) is 0 Å². The van der Waals surface area contributed by atoms with Crippen LogP contribution in [-0.4, -0.2) is 37.6 Å². The van der Waals surface area contributed by atoms with E-state index in [1.165, 1.54) is 38.9 Å². The van der Waals surface area contributed by atoms with Gasteiger partial charge in [-0.3, -0.25) is 0 Å². The second-order valence-electron chi connectivity index (χ2n) is 3.43. The molecular formula is C9H20N2. The van der Waals surface area contributed by atoms with Crippen molar-refractivity contribution < 1.29 is 0 Å². The fourth-order valence-electron chi connectivity index (χ4n) is 1.55. The summed E-state index contributed by atoms with van der Waals surface area (Å²) in [4.78, 5) is 2.52. The Morgan fingerprint density at radius 2 is 2.18 bits per heavy atom. The predicted molar refractivity (Wildman–Crippen MR) is 48.8 cm³/mol. The Morgan fingerprint density at radius 1 is 1.45 bits per heavy atom. The molecular weight excluding hydrogens is 136 g/mol. The van der Waals surface area contributed by atoms with Crippen molar-refractivity contribution >= 4 is 0 Å². The first-order valence-corrected chi connectivity index (χ1v) is 4.76. The summed E-state index contributed by atoms with van der Waals surface area (Å²) in [6, 6.07) is 0.722. The molecule has 0 aliphatic carbocycles. The molecule has 0 aromatic carbocycles. The average Bonchev–Trinajstić information content (AvgIpc) is 1.94. The third-order valence-corrected chi connectivity index (χ3v) is 2.47. The minimum Gasteiger partial charge on any atom is -0.316 e. The van der Waals surface area contributed by atoms with E-state index in [9.17, 15) is 0 Å². The van der Waals surface area contributed by atoms with Crippen LogP contribution < -0.4 is 5.32 Å². The molecule has 0 amide bonds. The van der Waals surface area contributed by atoms with Gasteiger partial charge in [0, 0.05) is 12.6 Å². The first-order valence-electron chi connectivity index (χ1n) is 4.76. The molecule has 1 aliphatic heterocycles. The Kier molecular flexibility index (Phi) is 3.87. The van der Waals surface area contributed by atoms with Gasteiger partial charge in [0.2, 0.25) is 0 Å². The lowest BCUT2D eigenvalue weighted by atomic mass is 10.1. The van der Waals surface area contributed by atoms with Crippen molar-refractivity contribution in [1.29, 1.82) is 0 Å². The zero-order valence-electron chi connectivity index (χ0n) is 7.77. The maximum Gasteiger partial charge on any atom is 0.0191 e. The highest BCUT2D eigenvalue weighted by Gasteiger charge is 2.16. The molecule has 1 N–H and O–H groups in total. The van der Waals surface area contributed by atoms with Crippen LogP contribution in [0.3, 0.4) is 0 Å². The van der Waals surface area contributed by atoms with Crippen molar-refractivity contribution in [2.24, 2.45) is 0 Å². The number of hydrogen-bond acceptors (Lipinski definition) is 2. The van der Waals surface area contributed by atoms with E-state index in [0.29, 0.717) is 0 Å². The lowest BCUT2D eigenvalue weighted by molar-refractivity contribution is 0.160. The summed E-state index contributed by atoms with van der Waals surface area (Å²) in [6.07, 6.45) is 4.01. The van der Waals surface area contributed by atoms with Gasteiger partial charge in [0.25, 0.3) is 0 Å². The highest BCUT2D eigenvalue weighted by molar-refractivity contribution is 4.75. The smallest absolute Gasteiger partial charge is 0.0191 e.